The Kier molecular flexibility index (Phi) is 6.04. The quantitative estimate of drug-likeness (QED) is 0.621. The summed E-state index contributed by atoms with van der Waals surface area (Å²) in [6.45, 7) is 1.98. The van der Waals surface area contributed by atoms with Crippen LogP contribution in [0.5, 0.6) is 11.5 Å². The van der Waals surface area contributed by atoms with Gasteiger partial charge in [-0.05, 0) is 48.0 Å². The summed E-state index contributed by atoms with van der Waals surface area (Å²) in [5, 5.41) is 0.662. The van der Waals surface area contributed by atoms with E-state index in [-0.39, 0.29) is 12.3 Å². The number of nitrogens with zero attached hydrogens (tertiary/aromatic N) is 3. The highest BCUT2D eigenvalue weighted by molar-refractivity contribution is 6.30. The van der Waals surface area contributed by atoms with E-state index in [1.54, 1.807) is 48.5 Å². The molecule has 0 radical (unpaired) electrons. The largest absolute Gasteiger partial charge is 0.457 e. The van der Waals surface area contributed by atoms with Crippen LogP contribution in [-0.4, -0.2) is 22.9 Å². The van der Waals surface area contributed by atoms with Gasteiger partial charge in [0.25, 0.3) is 0 Å². The Labute approximate surface area is 163 Å². The molecule has 0 spiro atoms. The van der Waals surface area contributed by atoms with Crippen molar-refractivity contribution in [1.82, 2.24) is 9.97 Å². The lowest BCUT2D eigenvalue weighted by Gasteiger charge is -2.16. The maximum atomic E-state index is 12.5. The van der Waals surface area contributed by atoms with Gasteiger partial charge in [0, 0.05) is 24.7 Å². The van der Waals surface area contributed by atoms with Gasteiger partial charge in [-0.1, -0.05) is 30.7 Å². The average molecular weight is 382 g/mol. The second kappa shape index (κ2) is 8.64. The summed E-state index contributed by atoms with van der Waals surface area (Å²) in [6.07, 6.45) is 2.68. The van der Waals surface area contributed by atoms with E-state index in [9.17, 15) is 4.79 Å². The van der Waals surface area contributed by atoms with Gasteiger partial charge < -0.3 is 4.74 Å². The minimum absolute atomic E-state index is 0.0397. The molecule has 1 amide bonds. The fourth-order valence-corrected chi connectivity index (χ4v) is 2.61. The third kappa shape index (κ3) is 5.05. The van der Waals surface area contributed by atoms with Gasteiger partial charge in [0.15, 0.2) is 0 Å². The standard InChI is InChI=1S/C21H20ClN3O2/c1-3-19-23-13-12-20(24-19)25(2)21(26)14-15-4-8-17(9-5-15)27-18-10-6-16(22)7-11-18/h4-13H,3,14H2,1-2H3. The zero-order valence-electron chi connectivity index (χ0n) is 15.2. The highest BCUT2D eigenvalue weighted by atomic mass is 35.5. The number of ether oxygens (including phenoxy) is 1. The summed E-state index contributed by atoms with van der Waals surface area (Å²) in [5.41, 5.74) is 0.903. The average Bonchev–Trinajstić information content (AvgIpc) is 2.70. The Morgan fingerprint density at radius 2 is 1.67 bits per heavy atom. The van der Waals surface area contributed by atoms with Crippen molar-refractivity contribution in [2.75, 3.05) is 11.9 Å². The van der Waals surface area contributed by atoms with E-state index in [4.69, 9.17) is 16.3 Å². The molecule has 0 unspecified atom stereocenters. The van der Waals surface area contributed by atoms with E-state index in [1.807, 2.05) is 31.2 Å². The predicted octanol–water partition coefficient (Wildman–Crippen LogP) is 4.69. The number of carbonyl (C=O) groups excluding carboxylic acids is 1. The summed E-state index contributed by atoms with van der Waals surface area (Å²) >= 11 is 5.87. The lowest BCUT2D eigenvalue weighted by Crippen LogP contribution is -2.29. The summed E-state index contributed by atoms with van der Waals surface area (Å²) in [5.74, 6) is 2.69. The Balaban J connectivity index is 1.63. The van der Waals surface area contributed by atoms with Crippen LogP contribution in [0.2, 0.25) is 5.02 Å². The minimum atomic E-state index is -0.0397. The number of halogens is 1. The van der Waals surface area contributed by atoms with E-state index < -0.39 is 0 Å². The molecule has 0 saturated heterocycles. The van der Waals surface area contributed by atoms with Gasteiger partial charge in [-0.25, -0.2) is 9.97 Å². The molecule has 0 aliphatic heterocycles. The normalized spacial score (nSPS) is 10.5. The Morgan fingerprint density at radius 3 is 2.30 bits per heavy atom. The highest BCUT2D eigenvalue weighted by Crippen LogP contribution is 2.23. The highest BCUT2D eigenvalue weighted by Gasteiger charge is 2.13. The molecule has 1 heterocycles. The van der Waals surface area contributed by atoms with Crippen LogP contribution < -0.4 is 9.64 Å². The van der Waals surface area contributed by atoms with Gasteiger partial charge in [0.2, 0.25) is 5.91 Å². The zero-order valence-corrected chi connectivity index (χ0v) is 16.0. The van der Waals surface area contributed by atoms with Crippen LogP contribution in [0.1, 0.15) is 18.3 Å². The molecule has 0 fully saturated rings. The van der Waals surface area contributed by atoms with E-state index in [1.165, 1.54) is 0 Å². The van der Waals surface area contributed by atoms with Crippen molar-refractivity contribution in [3.05, 3.63) is 77.2 Å². The number of benzene rings is 2. The van der Waals surface area contributed by atoms with Gasteiger partial charge in [0.05, 0.1) is 6.42 Å². The van der Waals surface area contributed by atoms with Crippen LogP contribution in [0.4, 0.5) is 5.82 Å². The summed E-state index contributed by atoms with van der Waals surface area (Å²) in [6, 6.07) is 16.4. The van der Waals surface area contributed by atoms with Crippen molar-refractivity contribution in [2.24, 2.45) is 0 Å². The summed E-state index contributed by atoms with van der Waals surface area (Å²) in [7, 11) is 1.72. The van der Waals surface area contributed by atoms with E-state index in [0.29, 0.717) is 22.3 Å². The van der Waals surface area contributed by atoms with E-state index in [2.05, 4.69) is 9.97 Å². The first-order valence-electron chi connectivity index (χ1n) is 8.66. The molecule has 3 aromatic rings. The molecule has 6 heteroatoms. The molecule has 27 heavy (non-hydrogen) atoms. The molecular weight excluding hydrogens is 362 g/mol. The fraction of sp³-hybridized carbons (Fsp3) is 0.190. The number of likely N-dealkylation sites (N-methyl/N-ethyl adjacent to an activating group) is 1. The van der Waals surface area contributed by atoms with Crippen LogP contribution in [0.3, 0.4) is 0 Å². The lowest BCUT2D eigenvalue weighted by atomic mass is 10.1. The molecule has 2 aromatic carbocycles. The smallest absolute Gasteiger partial charge is 0.232 e. The van der Waals surface area contributed by atoms with Gasteiger partial charge in [-0.3, -0.25) is 9.69 Å². The SMILES string of the molecule is CCc1nccc(N(C)C(=O)Cc2ccc(Oc3ccc(Cl)cc3)cc2)n1. The Morgan fingerprint density at radius 1 is 1.04 bits per heavy atom. The first-order chi connectivity index (χ1) is 13.0. The maximum absolute atomic E-state index is 12.5. The van der Waals surface area contributed by atoms with Gasteiger partial charge in [0.1, 0.15) is 23.1 Å². The molecule has 0 saturated carbocycles. The fourth-order valence-electron chi connectivity index (χ4n) is 2.48. The molecular formula is C21H20ClN3O2. The van der Waals surface area contributed by atoms with Gasteiger partial charge >= 0.3 is 0 Å². The number of hydrogen-bond donors (Lipinski definition) is 0. The number of carbonyl (C=O) groups is 1. The van der Waals surface area contributed by atoms with Crippen LogP contribution in [0, 0.1) is 0 Å². The number of anilines is 1. The monoisotopic (exact) mass is 381 g/mol. The van der Waals surface area contributed by atoms with E-state index in [0.717, 1.165) is 17.8 Å². The molecule has 0 atom stereocenters. The maximum Gasteiger partial charge on any atom is 0.232 e. The molecule has 138 valence electrons. The van der Waals surface area contributed by atoms with Crippen molar-refractivity contribution in [3.63, 3.8) is 0 Å². The van der Waals surface area contributed by atoms with Crippen LogP contribution >= 0.6 is 11.6 Å². The van der Waals surface area contributed by atoms with Gasteiger partial charge in [-0.15, -0.1) is 0 Å². The second-order valence-corrected chi connectivity index (χ2v) is 6.45. The molecule has 0 bridgehead atoms. The van der Waals surface area contributed by atoms with Crippen molar-refractivity contribution in [2.45, 2.75) is 19.8 Å². The molecule has 1 aromatic heterocycles. The molecule has 0 aliphatic carbocycles. The lowest BCUT2D eigenvalue weighted by molar-refractivity contribution is -0.117. The first-order valence-corrected chi connectivity index (χ1v) is 9.04. The molecule has 0 aliphatic rings. The van der Waals surface area contributed by atoms with Gasteiger partial charge in [-0.2, -0.15) is 0 Å². The Bertz CT molecular complexity index is 911. The molecule has 3 rings (SSSR count). The number of amides is 1. The van der Waals surface area contributed by atoms with Crippen molar-refractivity contribution in [3.8, 4) is 11.5 Å². The van der Waals surface area contributed by atoms with Crippen molar-refractivity contribution < 1.29 is 9.53 Å². The Hall–Kier alpha value is -2.92. The third-order valence-corrected chi connectivity index (χ3v) is 4.30. The second-order valence-electron chi connectivity index (χ2n) is 6.01. The number of aryl methyl sites for hydroxylation is 1. The number of aromatic nitrogens is 2. The van der Waals surface area contributed by atoms with Crippen molar-refractivity contribution in [1.29, 1.82) is 0 Å². The summed E-state index contributed by atoms with van der Waals surface area (Å²) in [4.78, 5) is 22.6. The predicted molar refractivity (Wildman–Crippen MR) is 106 cm³/mol. The summed E-state index contributed by atoms with van der Waals surface area (Å²) < 4.78 is 5.76. The van der Waals surface area contributed by atoms with Crippen LogP contribution in [0.15, 0.2) is 60.8 Å². The third-order valence-electron chi connectivity index (χ3n) is 4.05. The molecule has 5 nitrogen and oxygen atoms in total. The molecule has 0 N–H and O–H groups in total. The minimum Gasteiger partial charge on any atom is -0.457 e. The zero-order chi connectivity index (χ0) is 19.2. The topological polar surface area (TPSA) is 55.3 Å². The van der Waals surface area contributed by atoms with E-state index >= 15 is 0 Å². The number of hydrogen-bond acceptors (Lipinski definition) is 4. The van der Waals surface area contributed by atoms with Crippen LogP contribution in [0.25, 0.3) is 0 Å². The number of rotatable bonds is 6. The first kappa shape index (κ1) is 18.9. The van der Waals surface area contributed by atoms with Crippen LogP contribution in [-0.2, 0) is 17.6 Å². The van der Waals surface area contributed by atoms with Crippen molar-refractivity contribution >= 4 is 23.3 Å².